The van der Waals surface area contributed by atoms with E-state index in [-0.39, 0.29) is 0 Å². The molecule has 0 saturated heterocycles. The van der Waals surface area contributed by atoms with E-state index < -0.39 is 5.41 Å². The first kappa shape index (κ1) is 36.3. The third-order valence-corrected chi connectivity index (χ3v) is 13.5. The minimum atomic E-state index is -0.470. The average Bonchev–Trinajstić information content (AvgIpc) is 4.01. The number of nitrogens with zero attached hydrogens (tertiary/aromatic N) is 2. The maximum Gasteiger partial charge on any atom is 0.135 e. The minimum absolute atomic E-state index is 0.470. The number of fused-ring (bicyclic) bond motifs is 9. The lowest BCUT2D eigenvalue weighted by Crippen LogP contribution is -2.28. The number of hydrogen-bond donors (Lipinski definition) is 0. The maximum absolute atomic E-state index is 6.33. The molecule has 64 heavy (non-hydrogen) atoms. The van der Waals surface area contributed by atoms with Gasteiger partial charge in [0, 0.05) is 44.3 Å². The number of para-hydroxylation sites is 3. The van der Waals surface area contributed by atoms with Crippen LogP contribution in [0.4, 0.5) is 17.1 Å². The summed E-state index contributed by atoms with van der Waals surface area (Å²) in [6.07, 6.45) is 0. The second kappa shape index (κ2) is 14.3. The van der Waals surface area contributed by atoms with E-state index in [2.05, 4.69) is 240 Å². The molecule has 0 bridgehead atoms. The lowest BCUT2D eigenvalue weighted by atomic mass is 9.68. The Kier molecular flexibility index (Phi) is 8.13. The van der Waals surface area contributed by atoms with E-state index in [9.17, 15) is 0 Å². The van der Waals surface area contributed by atoms with Gasteiger partial charge >= 0.3 is 0 Å². The first-order valence-electron chi connectivity index (χ1n) is 22.0. The molecular formula is C61H40N2O. The molecule has 13 rings (SSSR count). The van der Waals surface area contributed by atoms with E-state index in [1.807, 2.05) is 12.1 Å². The van der Waals surface area contributed by atoms with Crippen LogP contribution in [0.1, 0.15) is 22.3 Å². The van der Waals surface area contributed by atoms with Crippen molar-refractivity contribution in [2.75, 3.05) is 4.90 Å². The Bertz CT molecular complexity index is 3640. The molecule has 3 nitrogen and oxygen atoms in total. The van der Waals surface area contributed by atoms with Gasteiger partial charge in [0.2, 0.25) is 0 Å². The summed E-state index contributed by atoms with van der Waals surface area (Å²) in [6, 6.07) is 88.3. The van der Waals surface area contributed by atoms with Crippen LogP contribution >= 0.6 is 0 Å². The van der Waals surface area contributed by atoms with Gasteiger partial charge in [-0.3, -0.25) is 0 Å². The molecule has 12 aromatic rings. The lowest BCUT2D eigenvalue weighted by molar-refractivity contribution is 0.669. The van der Waals surface area contributed by atoms with E-state index in [1.54, 1.807) is 0 Å². The van der Waals surface area contributed by atoms with Crippen molar-refractivity contribution in [3.63, 3.8) is 0 Å². The summed E-state index contributed by atoms with van der Waals surface area (Å²) in [6.45, 7) is 0. The molecule has 3 heteroatoms. The van der Waals surface area contributed by atoms with Crippen molar-refractivity contribution in [2.24, 2.45) is 0 Å². The van der Waals surface area contributed by atoms with Gasteiger partial charge in [-0.1, -0.05) is 170 Å². The van der Waals surface area contributed by atoms with Gasteiger partial charge in [-0.15, -0.1) is 0 Å². The van der Waals surface area contributed by atoms with Crippen LogP contribution in [-0.2, 0) is 5.41 Å². The summed E-state index contributed by atoms with van der Waals surface area (Å²) in [7, 11) is 0. The van der Waals surface area contributed by atoms with Crippen molar-refractivity contribution in [3.8, 4) is 27.9 Å². The molecule has 1 aliphatic carbocycles. The molecule has 10 aromatic carbocycles. The molecule has 0 amide bonds. The molecule has 0 N–H and O–H groups in total. The van der Waals surface area contributed by atoms with Crippen LogP contribution in [0.5, 0.6) is 0 Å². The van der Waals surface area contributed by atoms with Crippen molar-refractivity contribution in [1.29, 1.82) is 0 Å². The molecule has 0 radical (unpaired) electrons. The van der Waals surface area contributed by atoms with Crippen LogP contribution in [-0.4, -0.2) is 4.57 Å². The second-order valence-corrected chi connectivity index (χ2v) is 16.8. The van der Waals surface area contributed by atoms with Gasteiger partial charge in [0.15, 0.2) is 0 Å². The van der Waals surface area contributed by atoms with Gasteiger partial charge in [-0.05, 0) is 117 Å². The minimum Gasteiger partial charge on any atom is -0.456 e. The highest BCUT2D eigenvalue weighted by atomic mass is 16.3. The Morgan fingerprint density at radius 3 is 1.64 bits per heavy atom. The van der Waals surface area contributed by atoms with Crippen LogP contribution in [0.25, 0.3) is 71.7 Å². The average molecular weight is 817 g/mol. The zero-order valence-electron chi connectivity index (χ0n) is 34.9. The number of furan rings is 1. The standard InChI is InChI=1S/C61H40N2O/c1-3-17-43(18-4-1)61(44-19-5-2-6-20-44)55-26-11-7-22-49(55)53-39-47(34-36-56(53)61)62(48-35-37-60-54(40-48)52-25-10-14-29-59(52)64-60)45-32-30-41(31-33-45)42-16-15-21-46(38-42)63-57-27-12-8-23-50(57)51-24-9-13-28-58(51)63/h1-40H. The number of anilines is 3. The van der Waals surface area contributed by atoms with Gasteiger partial charge in [-0.25, -0.2) is 0 Å². The van der Waals surface area contributed by atoms with Gasteiger partial charge in [0.25, 0.3) is 0 Å². The molecule has 0 atom stereocenters. The monoisotopic (exact) mass is 816 g/mol. The summed E-state index contributed by atoms with van der Waals surface area (Å²) >= 11 is 0. The Balaban J connectivity index is 0.974. The van der Waals surface area contributed by atoms with E-state index in [1.165, 1.54) is 55.2 Å². The first-order chi connectivity index (χ1) is 31.7. The Hall–Kier alpha value is -8.40. The molecule has 0 saturated carbocycles. The highest BCUT2D eigenvalue weighted by molar-refractivity contribution is 6.09. The summed E-state index contributed by atoms with van der Waals surface area (Å²) < 4.78 is 8.72. The van der Waals surface area contributed by atoms with Crippen LogP contribution in [0, 0.1) is 0 Å². The van der Waals surface area contributed by atoms with Crippen molar-refractivity contribution >= 4 is 60.8 Å². The van der Waals surface area contributed by atoms with Gasteiger partial charge in [-0.2, -0.15) is 0 Å². The fourth-order valence-corrected chi connectivity index (χ4v) is 10.7. The zero-order valence-corrected chi connectivity index (χ0v) is 34.9. The van der Waals surface area contributed by atoms with E-state index in [0.29, 0.717) is 0 Å². The van der Waals surface area contributed by atoms with Crippen molar-refractivity contribution in [2.45, 2.75) is 5.41 Å². The SMILES string of the molecule is c1ccc(C2(c3ccccc3)c3ccccc3-c3cc(N(c4ccc(-c5cccc(-n6c7ccccc7c7ccccc76)c5)cc4)c4ccc5oc6ccccc6c5c4)ccc32)cc1. The molecule has 0 fully saturated rings. The normalized spacial score (nSPS) is 12.8. The molecular weight excluding hydrogens is 777 g/mol. The van der Waals surface area contributed by atoms with Crippen molar-refractivity contribution < 1.29 is 4.42 Å². The fourth-order valence-electron chi connectivity index (χ4n) is 10.7. The third kappa shape index (κ3) is 5.41. The number of rotatable bonds is 7. The molecule has 2 heterocycles. The Morgan fingerprint density at radius 2 is 0.906 bits per heavy atom. The lowest BCUT2D eigenvalue weighted by Gasteiger charge is -2.34. The highest BCUT2D eigenvalue weighted by Crippen LogP contribution is 2.57. The summed E-state index contributed by atoms with van der Waals surface area (Å²) in [4.78, 5) is 2.40. The fraction of sp³-hybridized carbons (Fsp3) is 0.0164. The predicted molar refractivity (Wildman–Crippen MR) is 265 cm³/mol. The second-order valence-electron chi connectivity index (χ2n) is 16.8. The van der Waals surface area contributed by atoms with E-state index >= 15 is 0 Å². The summed E-state index contributed by atoms with van der Waals surface area (Å²) in [5.41, 5.74) is 17.9. The van der Waals surface area contributed by atoms with Crippen LogP contribution < -0.4 is 4.90 Å². The quantitative estimate of drug-likeness (QED) is 0.160. The maximum atomic E-state index is 6.33. The largest absolute Gasteiger partial charge is 0.456 e. The van der Waals surface area contributed by atoms with Crippen molar-refractivity contribution in [1.82, 2.24) is 4.57 Å². The molecule has 0 unspecified atom stereocenters. The Morgan fingerprint density at radius 1 is 0.344 bits per heavy atom. The van der Waals surface area contributed by atoms with E-state index in [4.69, 9.17) is 4.42 Å². The third-order valence-electron chi connectivity index (χ3n) is 13.5. The zero-order chi connectivity index (χ0) is 42.2. The number of aromatic nitrogens is 1. The molecule has 1 aliphatic rings. The van der Waals surface area contributed by atoms with Gasteiger partial charge in [0.1, 0.15) is 11.2 Å². The van der Waals surface area contributed by atoms with Crippen LogP contribution in [0.15, 0.2) is 247 Å². The molecule has 0 spiro atoms. The van der Waals surface area contributed by atoms with E-state index in [0.717, 1.165) is 55.8 Å². The number of benzene rings is 10. The molecule has 0 aliphatic heterocycles. The smallest absolute Gasteiger partial charge is 0.135 e. The molecule has 300 valence electrons. The first-order valence-corrected chi connectivity index (χ1v) is 22.0. The van der Waals surface area contributed by atoms with Gasteiger partial charge < -0.3 is 13.9 Å². The van der Waals surface area contributed by atoms with Crippen LogP contribution in [0.2, 0.25) is 0 Å². The number of hydrogen-bond acceptors (Lipinski definition) is 2. The summed E-state index contributed by atoms with van der Waals surface area (Å²) in [5, 5.41) is 4.72. The van der Waals surface area contributed by atoms with Crippen molar-refractivity contribution in [3.05, 3.63) is 265 Å². The Labute approximate surface area is 371 Å². The molecule has 2 aromatic heterocycles. The summed E-state index contributed by atoms with van der Waals surface area (Å²) in [5.74, 6) is 0. The van der Waals surface area contributed by atoms with Crippen LogP contribution in [0.3, 0.4) is 0 Å². The highest BCUT2D eigenvalue weighted by Gasteiger charge is 2.46. The topological polar surface area (TPSA) is 21.3 Å². The van der Waals surface area contributed by atoms with Gasteiger partial charge in [0.05, 0.1) is 16.4 Å². The predicted octanol–water partition coefficient (Wildman–Crippen LogP) is 16.2.